The Morgan fingerprint density at radius 1 is 1.47 bits per heavy atom. The van der Waals surface area contributed by atoms with Crippen molar-refractivity contribution in [2.45, 2.75) is 19.4 Å². The van der Waals surface area contributed by atoms with Gasteiger partial charge in [-0.1, -0.05) is 0 Å². The number of allylic oxidation sites excluding steroid dienone is 1. The summed E-state index contributed by atoms with van der Waals surface area (Å²) < 4.78 is 10.4. The van der Waals surface area contributed by atoms with Crippen LogP contribution in [0.2, 0.25) is 0 Å². The maximum atomic E-state index is 11.9. The number of ketones is 1. The van der Waals surface area contributed by atoms with E-state index in [0.29, 0.717) is 6.42 Å². The summed E-state index contributed by atoms with van der Waals surface area (Å²) in [6.07, 6.45) is 4.28. The van der Waals surface area contributed by atoms with Gasteiger partial charge in [0, 0.05) is 6.04 Å². The zero-order chi connectivity index (χ0) is 14.2. The van der Waals surface area contributed by atoms with Crippen molar-refractivity contribution >= 4 is 22.6 Å². The molecule has 6 heteroatoms. The Hall–Kier alpha value is -1.43. The van der Waals surface area contributed by atoms with E-state index in [4.69, 9.17) is 9.47 Å². The Morgan fingerprint density at radius 2 is 2.16 bits per heavy atom. The molecule has 2 aliphatic rings. The number of Topliss-reactive ketones (excluding diaryl/α,β-unsaturated/α-hetero) is 1. The predicted molar refractivity (Wildman–Crippen MR) is 74.2 cm³/mol. The van der Waals surface area contributed by atoms with Crippen molar-refractivity contribution in [2.24, 2.45) is 10.4 Å². The second-order valence-corrected chi connectivity index (χ2v) is 5.38. The number of thioether (sulfide) groups is 1. The highest BCUT2D eigenvalue weighted by molar-refractivity contribution is 8.13. The van der Waals surface area contributed by atoms with Gasteiger partial charge in [0.15, 0.2) is 11.5 Å². The fourth-order valence-corrected chi connectivity index (χ4v) is 3.56. The van der Waals surface area contributed by atoms with Gasteiger partial charge < -0.3 is 14.6 Å². The first-order valence-corrected chi connectivity index (χ1v) is 7.14. The number of nitrogens with zero attached hydrogens (tertiary/aromatic N) is 1. The SMILES string of the molecule is COC1=C[C@@]2(C[C@H](C)N=C2SC)C(OC)=C(O)C1=O. The van der Waals surface area contributed by atoms with E-state index < -0.39 is 17.0 Å². The fourth-order valence-electron chi connectivity index (χ4n) is 2.68. The van der Waals surface area contributed by atoms with Crippen LogP contribution in [0.4, 0.5) is 0 Å². The first kappa shape index (κ1) is 14.0. The Labute approximate surface area is 116 Å². The first-order chi connectivity index (χ1) is 9.00. The van der Waals surface area contributed by atoms with E-state index in [0.717, 1.165) is 5.04 Å². The number of aliphatic hydroxyl groups is 1. The maximum absolute atomic E-state index is 11.9. The lowest BCUT2D eigenvalue weighted by Crippen LogP contribution is -2.35. The molecule has 0 amide bonds. The van der Waals surface area contributed by atoms with Crippen molar-refractivity contribution in [2.75, 3.05) is 20.5 Å². The van der Waals surface area contributed by atoms with Crippen molar-refractivity contribution in [3.8, 4) is 0 Å². The van der Waals surface area contributed by atoms with Crippen LogP contribution in [0.5, 0.6) is 0 Å². The van der Waals surface area contributed by atoms with Crippen LogP contribution in [-0.2, 0) is 14.3 Å². The van der Waals surface area contributed by atoms with Crippen LogP contribution >= 0.6 is 11.8 Å². The first-order valence-electron chi connectivity index (χ1n) is 5.91. The predicted octanol–water partition coefficient (Wildman–Crippen LogP) is 2.06. The molecule has 0 unspecified atom stereocenters. The largest absolute Gasteiger partial charge is 0.502 e. The van der Waals surface area contributed by atoms with Crippen molar-refractivity contribution in [1.82, 2.24) is 0 Å². The molecule has 1 heterocycles. The van der Waals surface area contributed by atoms with Crippen LogP contribution in [0.3, 0.4) is 0 Å². The number of aliphatic hydroxyl groups excluding tert-OH is 1. The summed E-state index contributed by atoms with van der Waals surface area (Å²) in [6, 6.07) is 0.1000. The summed E-state index contributed by atoms with van der Waals surface area (Å²) in [5, 5.41) is 10.9. The van der Waals surface area contributed by atoms with Crippen LogP contribution < -0.4 is 0 Å². The lowest BCUT2D eigenvalue weighted by molar-refractivity contribution is -0.118. The van der Waals surface area contributed by atoms with E-state index in [2.05, 4.69) is 4.99 Å². The van der Waals surface area contributed by atoms with Gasteiger partial charge in [0.2, 0.25) is 5.76 Å². The second kappa shape index (κ2) is 4.92. The molecule has 1 spiro atoms. The molecule has 0 bridgehead atoms. The Balaban J connectivity index is 2.62. The van der Waals surface area contributed by atoms with Gasteiger partial charge in [0.05, 0.1) is 19.3 Å². The quantitative estimate of drug-likeness (QED) is 0.840. The van der Waals surface area contributed by atoms with Gasteiger partial charge in [0.1, 0.15) is 5.41 Å². The number of rotatable bonds is 2. The average Bonchev–Trinajstić information content (AvgIpc) is 2.71. The molecule has 0 saturated carbocycles. The lowest BCUT2D eigenvalue weighted by Gasteiger charge is -2.32. The smallest absolute Gasteiger partial charge is 0.265 e. The van der Waals surface area contributed by atoms with E-state index in [1.54, 1.807) is 6.08 Å². The monoisotopic (exact) mass is 283 g/mol. The zero-order valence-electron chi connectivity index (χ0n) is 11.4. The minimum atomic E-state index is -0.684. The zero-order valence-corrected chi connectivity index (χ0v) is 12.2. The number of ether oxygens (including phenoxy) is 2. The highest BCUT2D eigenvalue weighted by Crippen LogP contribution is 2.48. The molecular weight excluding hydrogens is 266 g/mol. The molecule has 0 saturated heterocycles. The van der Waals surface area contributed by atoms with Crippen LogP contribution in [0.15, 0.2) is 28.3 Å². The molecule has 104 valence electrons. The number of carbonyl (C=O) groups excluding carboxylic acids is 1. The second-order valence-electron chi connectivity index (χ2n) is 4.59. The number of carbonyl (C=O) groups is 1. The Morgan fingerprint density at radius 3 is 2.68 bits per heavy atom. The molecule has 19 heavy (non-hydrogen) atoms. The molecule has 0 radical (unpaired) electrons. The molecular formula is C13H17NO4S. The van der Waals surface area contributed by atoms with Crippen molar-refractivity contribution in [3.05, 3.63) is 23.4 Å². The molecule has 0 aromatic carbocycles. The number of hydrogen-bond donors (Lipinski definition) is 1. The minimum Gasteiger partial charge on any atom is -0.502 e. The maximum Gasteiger partial charge on any atom is 0.265 e. The summed E-state index contributed by atoms with van der Waals surface area (Å²) in [5.74, 6) is -0.549. The summed E-state index contributed by atoms with van der Waals surface area (Å²) in [6.45, 7) is 1.99. The molecule has 2 atom stereocenters. The average molecular weight is 283 g/mol. The summed E-state index contributed by atoms with van der Waals surface area (Å²) >= 11 is 1.49. The van der Waals surface area contributed by atoms with Crippen LogP contribution in [-0.4, -0.2) is 42.5 Å². The normalized spacial score (nSPS) is 30.5. The third kappa shape index (κ3) is 1.94. The highest BCUT2D eigenvalue weighted by Gasteiger charge is 2.50. The van der Waals surface area contributed by atoms with Crippen molar-refractivity contribution in [1.29, 1.82) is 0 Å². The van der Waals surface area contributed by atoms with Crippen LogP contribution in [0, 0.1) is 5.41 Å². The van der Waals surface area contributed by atoms with Gasteiger partial charge >= 0.3 is 0 Å². The molecule has 1 aliphatic heterocycles. The van der Waals surface area contributed by atoms with Gasteiger partial charge in [-0.05, 0) is 25.7 Å². The fraction of sp³-hybridized carbons (Fsp3) is 0.538. The molecule has 5 nitrogen and oxygen atoms in total. The molecule has 0 aromatic heterocycles. The van der Waals surface area contributed by atoms with Gasteiger partial charge in [-0.2, -0.15) is 0 Å². The van der Waals surface area contributed by atoms with Gasteiger partial charge in [-0.25, -0.2) is 0 Å². The standard InChI is InChI=1S/C13H17NO4S/c1-7-5-13(12(14-7)19-4)6-8(17-2)9(15)10(16)11(13)18-3/h6-7,16H,5H2,1-4H3/t7-,13-/m0/s1. The molecule has 0 fully saturated rings. The lowest BCUT2D eigenvalue weighted by atomic mass is 9.78. The van der Waals surface area contributed by atoms with Crippen molar-refractivity contribution < 1.29 is 19.4 Å². The molecule has 1 N–H and O–H groups in total. The van der Waals surface area contributed by atoms with E-state index in [-0.39, 0.29) is 17.6 Å². The topological polar surface area (TPSA) is 68.1 Å². The molecule has 2 rings (SSSR count). The van der Waals surface area contributed by atoms with Gasteiger partial charge in [0.25, 0.3) is 5.78 Å². The van der Waals surface area contributed by atoms with E-state index in [9.17, 15) is 9.90 Å². The number of methoxy groups -OCH3 is 2. The van der Waals surface area contributed by atoms with Crippen LogP contribution in [0.25, 0.3) is 0 Å². The van der Waals surface area contributed by atoms with Gasteiger partial charge in [-0.15, -0.1) is 11.8 Å². The summed E-state index contributed by atoms with van der Waals surface area (Å²) in [5.41, 5.74) is -0.684. The molecule has 0 aromatic rings. The number of aliphatic imine (C=N–C) groups is 1. The van der Waals surface area contributed by atoms with Crippen molar-refractivity contribution in [3.63, 3.8) is 0 Å². The van der Waals surface area contributed by atoms with Crippen LogP contribution in [0.1, 0.15) is 13.3 Å². The summed E-state index contributed by atoms with van der Waals surface area (Å²) in [4.78, 5) is 16.5. The third-order valence-corrected chi connectivity index (χ3v) is 4.25. The summed E-state index contributed by atoms with van der Waals surface area (Å²) in [7, 11) is 2.87. The Kier molecular flexibility index (Phi) is 3.62. The number of hydrogen-bond acceptors (Lipinski definition) is 6. The van der Waals surface area contributed by atoms with Gasteiger partial charge in [-0.3, -0.25) is 9.79 Å². The minimum absolute atomic E-state index is 0.1000. The third-order valence-electron chi connectivity index (χ3n) is 3.39. The van der Waals surface area contributed by atoms with E-state index in [1.807, 2.05) is 13.2 Å². The highest BCUT2D eigenvalue weighted by atomic mass is 32.2. The molecule has 1 aliphatic carbocycles. The van der Waals surface area contributed by atoms with E-state index in [1.165, 1.54) is 26.0 Å². The Bertz CT molecular complexity index is 509. The van der Waals surface area contributed by atoms with E-state index >= 15 is 0 Å².